The topological polar surface area (TPSA) is 38.5 Å². The van der Waals surface area contributed by atoms with Gasteiger partial charge in [-0.25, -0.2) is 0 Å². The largest absolute Gasteiger partial charge is 0.383 e. The van der Waals surface area contributed by atoms with Crippen molar-refractivity contribution in [3.8, 4) is 0 Å². The van der Waals surface area contributed by atoms with E-state index in [4.69, 9.17) is 10.5 Å². The zero-order chi connectivity index (χ0) is 12.8. The van der Waals surface area contributed by atoms with Crippen molar-refractivity contribution >= 4 is 0 Å². The van der Waals surface area contributed by atoms with Crippen LogP contribution >= 0.6 is 0 Å². The summed E-state index contributed by atoms with van der Waals surface area (Å²) < 4.78 is 5.25. The molecule has 0 aromatic carbocycles. The average Bonchev–Trinajstić information content (AvgIpc) is 2.30. The van der Waals surface area contributed by atoms with Gasteiger partial charge >= 0.3 is 0 Å². The van der Waals surface area contributed by atoms with Crippen molar-refractivity contribution < 1.29 is 4.74 Å². The van der Waals surface area contributed by atoms with Gasteiger partial charge in [0.05, 0.1) is 6.61 Å². The molecular formula is C14H30N2O. The third-order valence-electron chi connectivity index (χ3n) is 4.21. The molecule has 0 spiro atoms. The molecule has 4 atom stereocenters. The lowest BCUT2D eigenvalue weighted by molar-refractivity contribution is 0.0773. The molecule has 2 N–H and O–H groups in total. The van der Waals surface area contributed by atoms with Crippen molar-refractivity contribution in [1.82, 2.24) is 4.90 Å². The number of methoxy groups -OCH3 is 1. The van der Waals surface area contributed by atoms with Crippen molar-refractivity contribution in [2.75, 3.05) is 26.8 Å². The van der Waals surface area contributed by atoms with Gasteiger partial charge in [0.25, 0.3) is 0 Å². The minimum absolute atomic E-state index is 0.398. The van der Waals surface area contributed by atoms with Crippen LogP contribution in [0, 0.1) is 11.8 Å². The van der Waals surface area contributed by atoms with E-state index in [0.29, 0.717) is 18.0 Å². The summed E-state index contributed by atoms with van der Waals surface area (Å²) in [6.45, 7) is 9.85. The number of hydrogen-bond donors (Lipinski definition) is 1. The molecule has 1 aliphatic carbocycles. The van der Waals surface area contributed by atoms with Crippen LogP contribution in [-0.4, -0.2) is 43.8 Å². The lowest BCUT2D eigenvalue weighted by Gasteiger charge is -2.38. The van der Waals surface area contributed by atoms with Crippen LogP contribution in [-0.2, 0) is 4.74 Å². The Kier molecular flexibility index (Phi) is 6.45. The van der Waals surface area contributed by atoms with Gasteiger partial charge in [-0.05, 0) is 44.6 Å². The van der Waals surface area contributed by atoms with Crippen LogP contribution in [0.1, 0.15) is 40.0 Å². The second-order valence-corrected chi connectivity index (χ2v) is 5.73. The van der Waals surface area contributed by atoms with Gasteiger partial charge in [0.1, 0.15) is 0 Å². The first-order chi connectivity index (χ1) is 8.08. The maximum absolute atomic E-state index is 6.26. The summed E-state index contributed by atoms with van der Waals surface area (Å²) in [6, 6.07) is 0.893. The van der Waals surface area contributed by atoms with Crippen molar-refractivity contribution in [3.05, 3.63) is 0 Å². The molecule has 1 aliphatic rings. The van der Waals surface area contributed by atoms with E-state index in [0.717, 1.165) is 25.6 Å². The van der Waals surface area contributed by atoms with Gasteiger partial charge in [-0.3, -0.25) is 4.90 Å². The van der Waals surface area contributed by atoms with Crippen molar-refractivity contribution in [1.29, 1.82) is 0 Å². The van der Waals surface area contributed by atoms with Crippen LogP contribution in [0.3, 0.4) is 0 Å². The lowest BCUT2D eigenvalue weighted by atomic mass is 9.79. The van der Waals surface area contributed by atoms with E-state index in [1.807, 2.05) is 0 Å². The van der Waals surface area contributed by atoms with E-state index in [1.54, 1.807) is 7.11 Å². The van der Waals surface area contributed by atoms with Gasteiger partial charge in [0.2, 0.25) is 0 Å². The molecule has 0 aromatic rings. The molecule has 1 fully saturated rings. The van der Waals surface area contributed by atoms with E-state index in [9.17, 15) is 0 Å². The van der Waals surface area contributed by atoms with Crippen LogP contribution in [0.25, 0.3) is 0 Å². The fourth-order valence-electron chi connectivity index (χ4n) is 3.00. The number of nitrogens with two attached hydrogens (primary N) is 1. The zero-order valence-electron chi connectivity index (χ0n) is 12.0. The van der Waals surface area contributed by atoms with Gasteiger partial charge in [-0.2, -0.15) is 0 Å². The van der Waals surface area contributed by atoms with Crippen LogP contribution in [0.4, 0.5) is 0 Å². The van der Waals surface area contributed by atoms with E-state index in [1.165, 1.54) is 19.3 Å². The summed E-state index contributed by atoms with van der Waals surface area (Å²) in [7, 11) is 1.78. The third kappa shape index (κ3) is 4.57. The van der Waals surface area contributed by atoms with E-state index >= 15 is 0 Å². The Morgan fingerprint density at radius 2 is 2.12 bits per heavy atom. The Morgan fingerprint density at radius 1 is 1.41 bits per heavy atom. The maximum Gasteiger partial charge on any atom is 0.0615 e. The number of hydrogen-bond acceptors (Lipinski definition) is 3. The number of likely N-dealkylation sites (N-methyl/N-ethyl adjacent to an activating group) is 1. The molecule has 0 bridgehead atoms. The van der Waals surface area contributed by atoms with Crippen molar-refractivity contribution in [3.63, 3.8) is 0 Å². The predicted molar refractivity (Wildman–Crippen MR) is 73.1 cm³/mol. The fraction of sp³-hybridized carbons (Fsp3) is 1.00. The van der Waals surface area contributed by atoms with Crippen LogP contribution < -0.4 is 5.73 Å². The molecule has 102 valence electrons. The maximum atomic E-state index is 6.26. The second-order valence-electron chi connectivity index (χ2n) is 5.73. The number of nitrogens with zero attached hydrogens (tertiary/aromatic N) is 1. The monoisotopic (exact) mass is 242 g/mol. The normalized spacial score (nSPS) is 31.8. The fourth-order valence-corrected chi connectivity index (χ4v) is 3.00. The minimum Gasteiger partial charge on any atom is -0.383 e. The highest BCUT2D eigenvalue weighted by Crippen LogP contribution is 2.28. The van der Waals surface area contributed by atoms with Crippen LogP contribution in [0.2, 0.25) is 0 Å². The molecule has 17 heavy (non-hydrogen) atoms. The van der Waals surface area contributed by atoms with Gasteiger partial charge in [0, 0.05) is 25.7 Å². The van der Waals surface area contributed by atoms with Crippen molar-refractivity contribution in [2.24, 2.45) is 17.6 Å². The molecule has 3 heteroatoms. The lowest BCUT2D eigenvalue weighted by Crippen LogP contribution is -2.46. The van der Waals surface area contributed by atoms with Gasteiger partial charge in [-0.15, -0.1) is 0 Å². The summed E-state index contributed by atoms with van der Waals surface area (Å²) in [4.78, 5) is 2.51. The highest BCUT2D eigenvalue weighted by molar-refractivity contribution is 4.84. The standard InChI is InChI=1S/C14H30N2O/c1-5-16(12(3)10-17-4)9-13-8-11(2)6-7-14(13)15/h11-14H,5-10,15H2,1-4H3. The highest BCUT2D eigenvalue weighted by Gasteiger charge is 2.28. The molecule has 1 rings (SSSR count). The Labute approximate surface area is 107 Å². The minimum atomic E-state index is 0.398. The summed E-state index contributed by atoms with van der Waals surface area (Å²) in [6.07, 6.45) is 3.79. The molecule has 0 radical (unpaired) electrons. The average molecular weight is 242 g/mol. The summed E-state index contributed by atoms with van der Waals surface area (Å²) in [5.74, 6) is 1.51. The highest BCUT2D eigenvalue weighted by atomic mass is 16.5. The molecule has 0 heterocycles. The second kappa shape index (κ2) is 7.34. The SMILES string of the molecule is CCN(CC1CC(C)CCC1N)C(C)COC. The van der Waals surface area contributed by atoms with E-state index < -0.39 is 0 Å². The Morgan fingerprint density at radius 3 is 2.71 bits per heavy atom. The first-order valence-corrected chi connectivity index (χ1v) is 7.07. The summed E-state index contributed by atoms with van der Waals surface area (Å²) in [5, 5.41) is 0. The molecule has 0 saturated heterocycles. The first kappa shape index (κ1) is 14.9. The van der Waals surface area contributed by atoms with E-state index in [2.05, 4.69) is 25.7 Å². The summed E-state index contributed by atoms with van der Waals surface area (Å²) in [5.41, 5.74) is 6.26. The third-order valence-corrected chi connectivity index (χ3v) is 4.21. The summed E-state index contributed by atoms with van der Waals surface area (Å²) >= 11 is 0. The molecule has 3 nitrogen and oxygen atoms in total. The number of ether oxygens (including phenoxy) is 1. The molecule has 1 saturated carbocycles. The smallest absolute Gasteiger partial charge is 0.0615 e. The van der Waals surface area contributed by atoms with Crippen LogP contribution in [0.5, 0.6) is 0 Å². The Balaban J connectivity index is 2.48. The Bertz CT molecular complexity index is 210. The van der Waals surface area contributed by atoms with E-state index in [-0.39, 0.29) is 0 Å². The zero-order valence-corrected chi connectivity index (χ0v) is 12.0. The Hall–Kier alpha value is -0.120. The number of rotatable bonds is 6. The molecule has 0 amide bonds. The molecule has 0 aromatic heterocycles. The quantitative estimate of drug-likeness (QED) is 0.775. The van der Waals surface area contributed by atoms with Gasteiger partial charge in [-0.1, -0.05) is 13.8 Å². The van der Waals surface area contributed by atoms with Crippen molar-refractivity contribution in [2.45, 2.75) is 52.1 Å². The molecule has 0 aliphatic heterocycles. The van der Waals surface area contributed by atoms with Crippen LogP contribution in [0.15, 0.2) is 0 Å². The molecular weight excluding hydrogens is 212 g/mol. The van der Waals surface area contributed by atoms with Gasteiger partial charge in [0.15, 0.2) is 0 Å². The predicted octanol–water partition coefficient (Wildman–Crippen LogP) is 2.11. The van der Waals surface area contributed by atoms with Gasteiger partial charge < -0.3 is 10.5 Å². The molecule has 4 unspecified atom stereocenters. The first-order valence-electron chi connectivity index (χ1n) is 7.07.